The van der Waals surface area contributed by atoms with Crippen LogP contribution in [0.3, 0.4) is 0 Å². The van der Waals surface area contributed by atoms with Crippen LogP contribution < -0.4 is 5.32 Å². The highest BCUT2D eigenvalue weighted by Crippen LogP contribution is 2.29. The lowest BCUT2D eigenvalue weighted by Crippen LogP contribution is -2.34. The average molecular weight is 222 g/mol. The van der Waals surface area contributed by atoms with Gasteiger partial charge >= 0.3 is 12.1 Å². The molecule has 1 aromatic heterocycles. The monoisotopic (exact) mass is 222 g/mol. The summed E-state index contributed by atoms with van der Waals surface area (Å²) in [5, 5.41) is 2.99. The molecule has 0 radical (unpaired) electrons. The van der Waals surface area contributed by atoms with E-state index in [0.717, 1.165) is 6.26 Å². The van der Waals surface area contributed by atoms with Gasteiger partial charge in [-0.15, -0.1) is 0 Å². The third kappa shape index (κ3) is 2.29. The molecule has 1 saturated heterocycles. The quantitative estimate of drug-likeness (QED) is 0.779. The topological polar surface area (TPSA) is 47.3 Å². The van der Waals surface area contributed by atoms with Crippen LogP contribution in [0.2, 0.25) is 0 Å². The maximum Gasteiger partial charge on any atom is 0.468 e. The molecule has 0 saturated carbocycles. The van der Waals surface area contributed by atoms with Crippen LogP contribution in [-0.2, 0) is 10.9 Å². The number of alkyl halides is 3. The van der Waals surface area contributed by atoms with Crippen molar-refractivity contribution in [1.29, 1.82) is 0 Å². The molecule has 0 spiro atoms. The minimum absolute atomic E-state index is 0.224. The number of hydrogen-bond acceptors (Lipinski definition) is 4. The Labute approximate surface area is 83.4 Å². The molecule has 0 aliphatic carbocycles. The maximum atomic E-state index is 12.2. The summed E-state index contributed by atoms with van der Waals surface area (Å²) in [5.74, 6) is -1.22. The van der Waals surface area contributed by atoms with Crippen molar-refractivity contribution in [2.24, 2.45) is 0 Å². The normalized spacial score (nSPS) is 23.0. The Morgan fingerprint density at radius 1 is 1.47 bits per heavy atom. The van der Waals surface area contributed by atoms with Gasteiger partial charge in [0.15, 0.2) is 0 Å². The summed E-state index contributed by atoms with van der Waals surface area (Å²) in [5.41, 5.74) is 0.224. The van der Waals surface area contributed by atoms with Gasteiger partial charge in [0, 0.05) is 6.54 Å². The van der Waals surface area contributed by atoms with E-state index in [9.17, 15) is 13.2 Å². The minimum Gasteiger partial charge on any atom is -0.441 e. The van der Waals surface area contributed by atoms with Crippen molar-refractivity contribution in [3.63, 3.8) is 0 Å². The van der Waals surface area contributed by atoms with Gasteiger partial charge in [-0.25, -0.2) is 4.98 Å². The molecule has 1 aliphatic rings. The van der Waals surface area contributed by atoms with E-state index in [1.165, 1.54) is 0 Å². The van der Waals surface area contributed by atoms with Crippen LogP contribution in [0, 0.1) is 0 Å². The molecule has 0 aromatic carbocycles. The molecule has 1 N–H and O–H groups in total. The average Bonchev–Trinajstić information content (AvgIpc) is 2.67. The molecule has 4 nitrogen and oxygen atoms in total. The van der Waals surface area contributed by atoms with Gasteiger partial charge in [0.25, 0.3) is 0 Å². The van der Waals surface area contributed by atoms with Gasteiger partial charge in [-0.2, -0.15) is 13.2 Å². The van der Waals surface area contributed by atoms with Crippen molar-refractivity contribution < 1.29 is 22.3 Å². The van der Waals surface area contributed by atoms with Gasteiger partial charge in [-0.1, -0.05) is 0 Å². The summed E-state index contributed by atoms with van der Waals surface area (Å²) in [6.45, 7) is 1.46. The predicted molar refractivity (Wildman–Crippen MR) is 43.1 cm³/mol. The molecule has 15 heavy (non-hydrogen) atoms. The van der Waals surface area contributed by atoms with Gasteiger partial charge in [0.1, 0.15) is 6.26 Å². The summed E-state index contributed by atoms with van der Waals surface area (Å²) in [7, 11) is 0. The summed E-state index contributed by atoms with van der Waals surface area (Å²) in [6.07, 6.45) is -3.52. The van der Waals surface area contributed by atoms with Crippen molar-refractivity contribution in [1.82, 2.24) is 10.3 Å². The molecule has 7 heteroatoms. The van der Waals surface area contributed by atoms with Crippen LogP contribution in [0.4, 0.5) is 13.2 Å². The molecule has 0 bridgehead atoms. The number of nitrogens with zero attached hydrogens (tertiary/aromatic N) is 1. The van der Waals surface area contributed by atoms with Crippen LogP contribution in [0.1, 0.15) is 17.6 Å². The first-order valence-electron chi connectivity index (χ1n) is 4.41. The molecular formula is C8H9F3N2O2. The summed E-state index contributed by atoms with van der Waals surface area (Å²) in [4.78, 5) is 3.37. The molecule has 1 aliphatic heterocycles. The highest BCUT2D eigenvalue weighted by Gasteiger charge is 2.38. The van der Waals surface area contributed by atoms with Crippen LogP contribution in [0.25, 0.3) is 0 Å². The zero-order valence-corrected chi connectivity index (χ0v) is 7.67. The van der Waals surface area contributed by atoms with Crippen LogP contribution in [0.15, 0.2) is 10.7 Å². The highest BCUT2D eigenvalue weighted by atomic mass is 19.4. The fourth-order valence-electron chi connectivity index (χ4n) is 1.33. The van der Waals surface area contributed by atoms with Gasteiger partial charge in [-0.05, 0) is 0 Å². The zero-order chi connectivity index (χ0) is 10.9. The molecule has 1 atom stereocenters. The summed E-state index contributed by atoms with van der Waals surface area (Å²) < 4.78 is 45.9. The van der Waals surface area contributed by atoms with Crippen molar-refractivity contribution in [2.45, 2.75) is 12.2 Å². The van der Waals surface area contributed by atoms with E-state index in [0.29, 0.717) is 19.8 Å². The number of nitrogens with one attached hydrogen (secondary N) is 1. The molecule has 1 fully saturated rings. The first kappa shape index (κ1) is 10.4. The Bertz CT molecular complexity index is 331. The van der Waals surface area contributed by atoms with E-state index in [1.54, 1.807) is 0 Å². The Kier molecular flexibility index (Phi) is 2.66. The molecule has 84 valence electrons. The van der Waals surface area contributed by atoms with Crippen molar-refractivity contribution in [2.75, 3.05) is 19.8 Å². The lowest BCUT2D eigenvalue weighted by molar-refractivity contribution is -0.157. The highest BCUT2D eigenvalue weighted by molar-refractivity contribution is 5.05. The van der Waals surface area contributed by atoms with Gasteiger partial charge in [0.2, 0.25) is 0 Å². The van der Waals surface area contributed by atoms with E-state index >= 15 is 0 Å². The molecule has 0 amide bonds. The van der Waals surface area contributed by atoms with Gasteiger partial charge < -0.3 is 14.5 Å². The number of hydrogen-bond donors (Lipinski definition) is 1. The molecular weight excluding hydrogens is 213 g/mol. The van der Waals surface area contributed by atoms with E-state index in [-0.39, 0.29) is 11.7 Å². The summed E-state index contributed by atoms with van der Waals surface area (Å²) >= 11 is 0. The van der Waals surface area contributed by atoms with Crippen molar-refractivity contribution >= 4 is 0 Å². The smallest absolute Gasteiger partial charge is 0.441 e. The van der Waals surface area contributed by atoms with Crippen molar-refractivity contribution in [3.05, 3.63) is 17.8 Å². The van der Waals surface area contributed by atoms with E-state index in [4.69, 9.17) is 4.74 Å². The molecule has 2 heterocycles. The number of morpholine rings is 1. The lowest BCUT2D eigenvalue weighted by atomic mass is 10.2. The molecule has 2 rings (SSSR count). The number of aromatic nitrogens is 1. The maximum absolute atomic E-state index is 12.2. The number of oxazole rings is 1. The third-order valence-corrected chi connectivity index (χ3v) is 2.04. The molecule has 1 aromatic rings. The first-order chi connectivity index (χ1) is 7.07. The fourth-order valence-corrected chi connectivity index (χ4v) is 1.33. The number of ether oxygens (including phenoxy) is 1. The second kappa shape index (κ2) is 3.82. The van der Waals surface area contributed by atoms with Crippen LogP contribution in [-0.4, -0.2) is 24.7 Å². The van der Waals surface area contributed by atoms with E-state index in [2.05, 4.69) is 14.7 Å². The first-order valence-corrected chi connectivity index (χ1v) is 4.41. The second-order valence-corrected chi connectivity index (χ2v) is 3.16. The zero-order valence-electron chi connectivity index (χ0n) is 7.67. The Hall–Kier alpha value is -1.08. The third-order valence-electron chi connectivity index (χ3n) is 2.04. The van der Waals surface area contributed by atoms with E-state index < -0.39 is 12.1 Å². The number of rotatable bonds is 1. The van der Waals surface area contributed by atoms with E-state index in [1.807, 2.05) is 0 Å². The Morgan fingerprint density at radius 2 is 2.27 bits per heavy atom. The summed E-state index contributed by atoms with van der Waals surface area (Å²) in [6, 6.07) is -0.321. The van der Waals surface area contributed by atoms with Gasteiger partial charge in [0.05, 0.1) is 24.9 Å². The van der Waals surface area contributed by atoms with Crippen molar-refractivity contribution in [3.8, 4) is 0 Å². The minimum atomic E-state index is -4.53. The SMILES string of the molecule is FC(F)(F)c1nc(C2COCCN2)co1. The molecule has 1 unspecified atom stereocenters. The largest absolute Gasteiger partial charge is 0.468 e. The predicted octanol–water partition coefficient (Wildman–Crippen LogP) is 1.35. The standard InChI is InChI=1S/C8H9F3N2O2/c9-8(10,11)7-13-6(4-15-7)5-3-14-2-1-12-5/h4-5,12H,1-3H2. The van der Waals surface area contributed by atoms with Gasteiger partial charge in [-0.3, -0.25) is 0 Å². The number of halogens is 3. The fraction of sp³-hybridized carbons (Fsp3) is 0.625. The van der Waals surface area contributed by atoms with Crippen LogP contribution in [0.5, 0.6) is 0 Å². The lowest BCUT2D eigenvalue weighted by Gasteiger charge is -2.21. The Morgan fingerprint density at radius 3 is 2.80 bits per heavy atom. The second-order valence-electron chi connectivity index (χ2n) is 3.16. The van der Waals surface area contributed by atoms with Crippen LogP contribution >= 0.6 is 0 Å². The Balaban J connectivity index is 2.12.